The second-order valence-electron chi connectivity index (χ2n) is 3.72. The minimum atomic E-state index is 0.383. The van der Waals surface area contributed by atoms with E-state index in [2.05, 4.69) is 11.9 Å². The zero-order valence-corrected chi connectivity index (χ0v) is 10.1. The molecule has 0 aliphatic rings. The number of nitrogens with zero attached hydrogens (tertiary/aromatic N) is 2. The molecular weight excluding hydrogens is 206 g/mol. The summed E-state index contributed by atoms with van der Waals surface area (Å²) in [6, 6.07) is 0. The van der Waals surface area contributed by atoms with Gasteiger partial charge in [-0.25, -0.2) is 4.98 Å². The number of hydrogen-bond acceptors (Lipinski definition) is 2. The molecule has 0 amide bonds. The normalized spacial score (nSPS) is 10.5. The topological polar surface area (TPSA) is 43.8 Å². The summed E-state index contributed by atoms with van der Waals surface area (Å²) >= 11 is 4.92. The van der Waals surface area contributed by atoms with Gasteiger partial charge in [-0.2, -0.15) is 0 Å². The van der Waals surface area contributed by atoms with Crippen molar-refractivity contribution in [2.45, 2.75) is 45.6 Å². The van der Waals surface area contributed by atoms with E-state index in [1.807, 2.05) is 10.8 Å². The van der Waals surface area contributed by atoms with Crippen LogP contribution in [0, 0.1) is 0 Å². The van der Waals surface area contributed by atoms with Crippen LogP contribution < -0.4 is 5.73 Å². The summed E-state index contributed by atoms with van der Waals surface area (Å²) in [5.74, 6) is 0.737. The molecule has 0 bridgehead atoms. The van der Waals surface area contributed by atoms with Gasteiger partial charge in [0.2, 0.25) is 0 Å². The van der Waals surface area contributed by atoms with Gasteiger partial charge in [-0.3, -0.25) is 0 Å². The van der Waals surface area contributed by atoms with Gasteiger partial charge in [-0.15, -0.1) is 0 Å². The molecule has 2 N–H and O–H groups in total. The van der Waals surface area contributed by atoms with Gasteiger partial charge >= 0.3 is 0 Å². The lowest BCUT2D eigenvalue weighted by Crippen LogP contribution is -2.16. The van der Waals surface area contributed by atoms with E-state index in [9.17, 15) is 0 Å². The van der Waals surface area contributed by atoms with Crippen LogP contribution in [0.3, 0.4) is 0 Å². The number of rotatable bonds is 7. The maximum atomic E-state index is 5.56. The first-order chi connectivity index (χ1) is 7.25. The summed E-state index contributed by atoms with van der Waals surface area (Å²) in [5, 5.41) is 0. The molecule has 1 rings (SSSR count). The number of imidazole rings is 1. The molecule has 0 aromatic carbocycles. The van der Waals surface area contributed by atoms with E-state index < -0.39 is 0 Å². The highest BCUT2D eigenvalue weighted by molar-refractivity contribution is 7.80. The Balaban J connectivity index is 2.31. The molecule has 1 heterocycles. The Morgan fingerprint density at radius 3 is 2.80 bits per heavy atom. The standard InChI is InChI=1S/C11H19N3S/c1-2-3-4-5-6-8-14-9-7-13-11(14)10(12)15/h7,9H,2-6,8H2,1H3,(H2,12,15). The van der Waals surface area contributed by atoms with E-state index in [0.717, 1.165) is 12.4 Å². The van der Waals surface area contributed by atoms with Gasteiger partial charge in [-0.05, 0) is 6.42 Å². The Kier molecular flexibility index (Phi) is 5.32. The molecule has 0 fully saturated rings. The summed E-state index contributed by atoms with van der Waals surface area (Å²) in [5.41, 5.74) is 5.56. The molecule has 3 nitrogen and oxygen atoms in total. The molecule has 0 aliphatic heterocycles. The minimum Gasteiger partial charge on any atom is -0.387 e. The van der Waals surface area contributed by atoms with Crippen molar-refractivity contribution in [2.24, 2.45) is 5.73 Å². The van der Waals surface area contributed by atoms with Crippen LogP contribution >= 0.6 is 12.2 Å². The zero-order chi connectivity index (χ0) is 11.1. The Hall–Kier alpha value is -0.900. The molecule has 0 radical (unpaired) electrons. The lowest BCUT2D eigenvalue weighted by Gasteiger charge is -2.05. The maximum absolute atomic E-state index is 5.56. The SMILES string of the molecule is CCCCCCCn1ccnc1C(N)=S. The molecule has 0 atom stereocenters. The molecule has 0 aliphatic carbocycles. The van der Waals surface area contributed by atoms with Crippen molar-refractivity contribution in [2.75, 3.05) is 0 Å². The Morgan fingerprint density at radius 1 is 1.40 bits per heavy atom. The molecule has 0 spiro atoms. The van der Waals surface area contributed by atoms with Crippen LogP contribution in [0.5, 0.6) is 0 Å². The van der Waals surface area contributed by atoms with Crippen molar-refractivity contribution in [3.63, 3.8) is 0 Å². The Labute approximate surface area is 96.7 Å². The number of aryl methyl sites for hydroxylation is 1. The fourth-order valence-electron chi connectivity index (χ4n) is 1.60. The zero-order valence-electron chi connectivity index (χ0n) is 9.28. The van der Waals surface area contributed by atoms with Crippen LogP contribution in [0.2, 0.25) is 0 Å². The molecule has 0 unspecified atom stereocenters. The van der Waals surface area contributed by atoms with Crippen LogP contribution in [0.1, 0.15) is 44.9 Å². The van der Waals surface area contributed by atoms with Crippen LogP contribution in [-0.4, -0.2) is 14.5 Å². The first-order valence-corrected chi connectivity index (χ1v) is 5.97. The Bertz CT molecular complexity index is 307. The van der Waals surface area contributed by atoms with Crippen LogP contribution in [-0.2, 0) is 6.54 Å². The first kappa shape index (κ1) is 12.2. The quantitative estimate of drug-likeness (QED) is 0.573. The van der Waals surface area contributed by atoms with Crippen LogP contribution in [0.4, 0.5) is 0 Å². The van der Waals surface area contributed by atoms with E-state index in [1.165, 1.54) is 32.1 Å². The molecule has 84 valence electrons. The fourth-order valence-corrected chi connectivity index (χ4v) is 1.77. The third-order valence-electron chi connectivity index (χ3n) is 2.44. The second-order valence-corrected chi connectivity index (χ2v) is 4.16. The molecule has 4 heteroatoms. The van der Waals surface area contributed by atoms with Gasteiger partial charge < -0.3 is 10.3 Å². The van der Waals surface area contributed by atoms with Crippen molar-refractivity contribution < 1.29 is 0 Å². The average Bonchev–Trinajstić information content (AvgIpc) is 2.66. The van der Waals surface area contributed by atoms with Crippen molar-refractivity contribution >= 4 is 17.2 Å². The smallest absolute Gasteiger partial charge is 0.167 e. The highest BCUT2D eigenvalue weighted by Gasteiger charge is 2.04. The summed E-state index contributed by atoms with van der Waals surface area (Å²) < 4.78 is 2.04. The lowest BCUT2D eigenvalue weighted by atomic mass is 10.1. The average molecular weight is 225 g/mol. The third-order valence-corrected chi connectivity index (χ3v) is 2.62. The van der Waals surface area contributed by atoms with Gasteiger partial charge in [0.25, 0.3) is 0 Å². The molecule has 15 heavy (non-hydrogen) atoms. The number of unbranched alkanes of at least 4 members (excludes halogenated alkanes) is 4. The van der Waals surface area contributed by atoms with E-state index in [4.69, 9.17) is 18.0 Å². The largest absolute Gasteiger partial charge is 0.387 e. The van der Waals surface area contributed by atoms with Crippen molar-refractivity contribution in [1.29, 1.82) is 0 Å². The Morgan fingerprint density at radius 2 is 2.13 bits per heavy atom. The van der Waals surface area contributed by atoms with Gasteiger partial charge in [0.15, 0.2) is 5.82 Å². The van der Waals surface area contributed by atoms with Crippen molar-refractivity contribution in [3.05, 3.63) is 18.2 Å². The molecule has 0 saturated heterocycles. The number of nitrogens with two attached hydrogens (primary N) is 1. The number of hydrogen-bond donors (Lipinski definition) is 1. The van der Waals surface area contributed by atoms with E-state index in [1.54, 1.807) is 6.20 Å². The summed E-state index contributed by atoms with van der Waals surface area (Å²) in [6.45, 7) is 3.19. The van der Waals surface area contributed by atoms with Crippen molar-refractivity contribution in [1.82, 2.24) is 9.55 Å². The molecular formula is C11H19N3S. The van der Waals surface area contributed by atoms with Gasteiger partial charge in [0.05, 0.1) is 0 Å². The first-order valence-electron chi connectivity index (χ1n) is 5.56. The lowest BCUT2D eigenvalue weighted by molar-refractivity contribution is 0.566. The van der Waals surface area contributed by atoms with Gasteiger partial charge in [-0.1, -0.05) is 44.8 Å². The number of aromatic nitrogens is 2. The van der Waals surface area contributed by atoms with Gasteiger partial charge in [0.1, 0.15) is 4.99 Å². The minimum absolute atomic E-state index is 0.383. The second kappa shape index (κ2) is 6.56. The van der Waals surface area contributed by atoms with E-state index in [-0.39, 0.29) is 0 Å². The van der Waals surface area contributed by atoms with E-state index >= 15 is 0 Å². The van der Waals surface area contributed by atoms with Gasteiger partial charge in [0, 0.05) is 18.9 Å². The molecule has 1 aromatic heterocycles. The fraction of sp³-hybridized carbons (Fsp3) is 0.636. The highest BCUT2D eigenvalue weighted by atomic mass is 32.1. The third kappa shape index (κ3) is 4.00. The summed E-state index contributed by atoms with van der Waals surface area (Å²) in [7, 11) is 0. The van der Waals surface area contributed by atoms with Crippen molar-refractivity contribution in [3.8, 4) is 0 Å². The monoisotopic (exact) mass is 225 g/mol. The highest BCUT2D eigenvalue weighted by Crippen LogP contribution is 2.06. The number of thiocarbonyl (C=S) groups is 1. The molecule has 0 saturated carbocycles. The predicted octanol–water partition coefficient (Wildman–Crippen LogP) is 2.49. The molecule has 1 aromatic rings. The summed E-state index contributed by atoms with van der Waals surface area (Å²) in [6.07, 6.45) is 10.0. The predicted molar refractivity (Wildman–Crippen MR) is 66.9 cm³/mol. The summed E-state index contributed by atoms with van der Waals surface area (Å²) in [4.78, 5) is 4.51. The van der Waals surface area contributed by atoms with E-state index in [0.29, 0.717) is 4.99 Å². The van der Waals surface area contributed by atoms with Crippen LogP contribution in [0.25, 0.3) is 0 Å². The van der Waals surface area contributed by atoms with Crippen LogP contribution in [0.15, 0.2) is 12.4 Å². The maximum Gasteiger partial charge on any atom is 0.167 e.